The molecule has 0 saturated heterocycles. The fourth-order valence-electron chi connectivity index (χ4n) is 2.49. The van der Waals surface area contributed by atoms with Crippen molar-refractivity contribution in [2.75, 3.05) is 19.5 Å². The molecule has 138 valence electrons. The molecule has 2 aromatic carbocycles. The van der Waals surface area contributed by atoms with Crippen molar-refractivity contribution in [3.8, 4) is 5.75 Å². The van der Waals surface area contributed by atoms with Crippen molar-refractivity contribution in [2.24, 2.45) is 0 Å². The SMILES string of the molecule is COC(=O)c1cc(OC)ccc1NC(=O)c1csc(Cc2ccccc2)n1. The highest BCUT2D eigenvalue weighted by Crippen LogP contribution is 2.24. The first-order chi connectivity index (χ1) is 13.1. The normalized spacial score (nSPS) is 10.3. The number of carbonyl (C=O) groups excluding carboxylic acids is 2. The molecule has 3 rings (SSSR count). The van der Waals surface area contributed by atoms with E-state index < -0.39 is 5.97 Å². The molecule has 0 aliphatic heterocycles. The number of nitrogens with one attached hydrogen (secondary N) is 1. The number of methoxy groups -OCH3 is 2. The quantitative estimate of drug-likeness (QED) is 0.657. The van der Waals surface area contributed by atoms with Crippen LogP contribution in [-0.4, -0.2) is 31.1 Å². The number of thiazole rings is 1. The van der Waals surface area contributed by atoms with Crippen LogP contribution in [0.25, 0.3) is 0 Å². The van der Waals surface area contributed by atoms with Gasteiger partial charge in [0.1, 0.15) is 11.4 Å². The molecule has 3 aromatic rings. The van der Waals surface area contributed by atoms with Gasteiger partial charge in [-0.2, -0.15) is 0 Å². The summed E-state index contributed by atoms with van der Waals surface area (Å²) in [6.07, 6.45) is 0.661. The van der Waals surface area contributed by atoms with Crippen LogP contribution in [0.3, 0.4) is 0 Å². The van der Waals surface area contributed by atoms with E-state index in [0.29, 0.717) is 23.6 Å². The van der Waals surface area contributed by atoms with Gasteiger partial charge in [-0.25, -0.2) is 9.78 Å². The average molecular weight is 382 g/mol. The lowest BCUT2D eigenvalue weighted by molar-refractivity contribution is 0.0601. The van der Waals surface area contributed by atoms with E-state index in [2.05, 4.69) is 10.3 Å². The molecule has 6 nitrogen and oxygen atoms in total. The van der Waals surface area contributed by atoms with Crippen molar-refractivity contribution >= 4 is 28.9 Å². The summed E-state index contributed by atoms with van der Waals surface area (Å²) in [5.74, 6) is -0.458. The number of benzene rings is 2. The van der Waals surface area contributed by atoms with Crippen LogP contribution in [0.15, 0.2) is 53.9 Å². The van der Waals surface area contributed by atoms with Crippen LogP contribution in [0, 0.1) is 0 Å². The molecule has 1 aromatic heterocycles. The van der Waals surface area contributed by atoms with Gasteiger partial charge in [-0.1, -0.05) is 30.3 Å². The summed E-state index contributed by atoms with van der Waals surface area (Å²) in [5, 5.41) is 5.26. The molecule has 1 N–H and O–H groups in total. The minimum atomic E-state index is -0.563. The molecular formula is C20H18N2O4S. The van der Waals surface area contributed by atoms with Gasteiger partial charge in [-0.05, 0) is 23.8 Å². The molecule has 0 unspecified atom stereocenters. The van der Waals surface area contributed by atoms with E-state index in [1.165, 1.54) is 31.6 Å². The minimum absolute atomic E-state index is 0.213. The van der Waals surface area contributed by atoms with Gasteiger partial charge in [0.25, 0.3) is 5.91 Å². The van der Waals surface area contributed by atoms with E-state index in [9.17, 15) is 9.59 Å². The molecule has 0 atom stereocenters. The van der Waals surface area contributed by atoms with Crippen molar-refractivity contribution < 1.29 is 19.1 Å². The molecule has 0 aliphatic carbocycles. The van der Waals surface area contributed by atoms with Crippen molar-refractivity contribution in [1.29, 1.82) is 0 Å². The van der Waals surface area contributed by atoms with Gasteiger partial charge in [0.05, 0.1) is 30.5 Å². The van der Waals surface area contributed by atoms with Crippen LogP contribution in [0.2, 0.25) is 0 Å². The number of hydrogen-bond donors (Lipinski definition) is 1. The van der Waals surface area contributed by atoms with E-state index in [-0.39, 0.29) is 11.5 Å². The minimum Gasteiger partial charge on any atom is -0.497 e. The fourth-order valence-corrected chi connectivity index (χ4v) is 3.30. The lowest BCUT2D eigenvalue weighted by Crippen LogP contribution is -2.16. The van der Waals surface area contributed by atoms with Crippen molar-refractivity contribution in [2.45, 2.75) is 6.42 Å². The Morgan fingerprint density at radius 1 is 1.11 bits per heavy atom. The zero-order valence-electron chi connectivity index (χ0n) is 14.9. The van der Waals surface area contributed by atoms with E-state index in [4.69, 9.17) is 9.47 Å². The summed E-state index contributed by atoms with van der Waals surface area (Å²) in [6.45, 7) is 0. The second kappa shape index (κ2) is 8.46. The Morgan fingerprint density at radius 2 is 1.89 bits per heavy atom. The lowest BCUT2D eigenvalue weighted by Gasteiger charge is -2.10. The predicted molar refractivity (Wildman–Crippen MR) is 104 cm³/mol. The van der Waals surface area contributed by atoms with Gasteiger partial charge in [-0.15, -0.1) is 11.3 Å². The van der Waals surface area contributed by atoms with Gasteiger partial charge >= 0.3 is 5.97 Å². The fraction of sp³-hybridized carbons (Fsp3) is 0.150. The molecule has 0 aliphatic rings. The smallest absolute Gasteiger partial charge is 0.340 e. The zero-order valence-corrected chi connectivity index (χ0v) is 15.7. The van der Waals surface area contributed by atoms with Crippen LogP contribution < -0.4 is 10.1 Å². The van der Waals surface area contributed by atoms with Crippen LogP contribution in [0.4, 0.5) is 5.69 Å². The number of rotatable bonds is 6. The van der Waals surface area contributed by atoms with Gasteiger partial charge in [0.2, 0.25) is 0 Å². The Hall–Kier alpha value is -3.19. The number of nitrogens with zero attached hydrogens (tertiary/aromatic N) is 1. The summed E-state index contributed by atoms with van der Waals surface area (Å²) in [6, 6.07) is 14.7. The molecule has 0 spiro atoms. The van der Waals surface area contributed by atoms with Gasteiger partial charge < -0.3 is 14.8 Å². The van der Waals surface area contributed by atoms with Crippen LogP contribution in [0.1, 0.15) is 31.4 Å². The molecule has 0 radical (unpaired) electrons. The van der Waals surface area contributed by atoms with Gasteiger partial charge in [0, 0.05) is 11.8 Å². The van der Waals surface area contributed by atoms with Crippen molar-refractivity contribution in [1.82, 2.24) is 4.98 Å². The lowest BCUT2D eigenvalue weighted by atomic mass is 10.1. The van der Waals surface area contributed by atoms with Crippen LogP contribution >= 0.6 is 11.3 Å². The zero-order chi connectivity index (χ0) is 19.2. The standard InChI is InChI=1S/C20H18N2O4S/c1-25-14-8-9-16(15(11-14)20(24)26-2)22-19(23)17-12-27-18(21-17)10-13-6-4-3-5-7-13/h3-9,11-12H,10H2,1-2H3,(H,22,23). The number of anilines is 1. The van der Waals surface area contributed by atoms with Crippen molar-refractivity contribution in [3.05, 3.63) is 75.7 Å². The number of ether oxygens (including phenoxy) is 2. The van der Waals surface area contributed by atoms with Gasteiger partial charge in [0.15, 0.2) is 0 Å². The Kier molecular flexibility index (Phi) is 5.83. The number of aromatic nitrogens is 1. The molecule has 0 fully saturated rings. The first kappa shape index (κ1) is 18.6. The highest BCUT2D eigenvalue weighted by molar-refractivity contribution is 7.09. The number of carbonyl (C=O) groups is 2. The summed E-state index contributed by atoms with van der Waals surface area (Å²) >= 11 is 1.42. The summed E-state index contributed by atoms with van der Waals surface area (Å²) in [4.78, 5) is 28.9. The summed E-state index contributed by atoms with van der Waals surface area (Å²) in [5.41, 5.74) is 1.98. The first-order valence-corrected chi connectivity index (χ1v) is 9.04. The second-order valence-corrected chi connectivity index (χ2v) is 6.59. The van der Waals surface area contributed by atoms with E-state index in [1.54, 1.807) is 17.5 Å². The third-order valence-corrected chi connectivity index (χ3v) is 4.71. The third kappa shape index (κ3) is 4.51. The Bertz CT molecular complexity index is 954. The molecule has 27 heavy (non-hydrogen) atoms. The topological polar surface area (TPSA) is 77.5 Å². The molecule has 0 bridgehead atoms. The Labute approximate surface area is 160 Å². The van der Waals surface area contributed by atoms with Crippen LogP contribution in [0.5, 0.6) is 5.75 Å². The van der Waals surface area contributed by atoms with Crippen molar-refractivity contribution in [3.63, 3.8) is 0 Å². The maximum absolute atomic E-state index is 12.5. The molecule has 7 heteroatoms. The molecule has 1 amide bonds. The van der Waals surface area contributed by atoms with Gasteiger partial charge in [-0.3, -0.25) is 4.79 Å². The summed E-state index contributed by atoms with van der Waals surface area (Å²) in [7, 11) is 2.78. The van der Waals surface area contributed by atoms with E-state index >= 15 is 0 Å². The number of amides is 1. The highest BCUT2D eigenvalue weighted by Gasteiger charge is 2.18. The molecule has 0 saturated carbocycles. The monoisotopic (exact) mass is 382 g/mol. The summed E-state index contributed by atoms with van der Waals surface area (Å²) < 4.78 is 9.90. The molecule has 1 heterocycles. The predicted octanol–water partition coefficient (Wildman–Crippen LogP) is 3.78. The van der Waals surface area contributed by atoms with E-state index in [1.807, 2.05) is 30.3 Å². The third-order valence-electron chi connectivity index (χ3n) is 3.86. The average Bonchev–Trinajstić information content (AvgIpc) is 3.17. The number of esters is 1. The Balaban J connectivity index is 1.77. The second-order valence-electron chi connectivity index (χ2n) is 5.65. The first-order valence-electron chi connectivity index (χ1n) is 8.16. The Morgan fingerprint density at radius 3 is 2.59 bits per heavy atom. The number of hydrogen-bond acceptors (Lipinski definition) is 6. The maximum Gasteiger partial charge on any atom is 0.340 e. The van der Waals surface area contributed by atoms with E-state index in [0.717, 1.165) is 10.6 Å². The largest absolute Gasteiger partial charge is 0.497 e. The van der Waals surface area contributed by atoms with Crippen LogP contribution in [-0.2, 0) is 11.2 Å². The molecular weight excluding hydrogens is 364 g/mol. The highest BCUT2D eigenvalue weighted by atomic mass is 32.1. The maximum atomic E-state index is 12.5.